The van der Waals surface area contributed by atoms with Crippen LogP contribution in [0.5, 0.6) is 0 Å². The molecule has 0 bridgehead atoms. The summed E-state index contributed by atoms with van der Waals surface area (Å²) in [5.74, 6) is 0. The van der Waals surface area contributed by atoms with Crippen molar-refractivity contribution in [2.75, 3.05) is 6.54 Å². The third kappa shape index (κ3) is 3.89. The zero-order chi connectivity index (χ0) is 13.8. The molecule has 2 unspecified atom stereocenters. The van der Waals surface area contributed by atoms with Crippen molar-refractivity contribution >= 4 is 38.6 Å². The number of likely N-dealkylation sites (N-methyl/N-ethyl adjacent to an activating group) is 1. The van der Waals surface area contributed by atoms with Gasteiger partial charge in [-0.05, 0) is 46.9 Å². The van der Waals surface area contributed by atoms with Gasteiger partial charge in [-0.2, -0.15) is 0 Å². The number of nitrogens with two attached hydrogens (primary N) is 1. The second kappa shape index (κ2) is 6.99. The molecule has 2 aromatic rings. The smallest absolute Gasteiger partial charge is 0.0594 e. The van der Waals surface area contributed by atoms with Gasteiger partial charge in [0.25, 0.3) is 0 Å². The van der Waals surface area contributed by atoms with Crippen molar-refractivity contribution in [1.82, 2.24) is 4.90 Å². The highest BCUT2D eigenvalue weighted by Gasteiger charge is 2.24. The fourth-order valence-corrected chi connectivity index (χ4v) is 4.69. The maximum Gasteiger partial charge on any atom is 0.0594 e. The molecule has 0 saturated carbocycles. The van der Waals surface area contributed by atoms with Crippen LogP contribution in [0.3, 0.4) is 0 Å². The molecular formula is C14H19BrN2S2. The Labute approximate surface area is 131 Å². The first kappa shape index (κ1) is 15.2. The third-order valence-corrected chi connectivity index (χ3v) is 5.74. The quantitative estimate of drug-likeness (QED) is 0.824. The molecule has 0 aromatic carbocycles. The summed E-state index contributed by atoms with van der Waals surface area (Å²) in [6, 6.07) is 6.89. The molecular weight excluding hydrogens is 340 g/mol. The van der Waals surface area contributed by atoms with E-state index >= 15 is 0 Å². The molecule has 0 amide bonds. The zero-order valence-corrected chi connectivity index (χ0v) is 14.4. The predicted molar refractivity (Wildman–Crippen MR) is 88.8 cm³/mol. The number of hydrogen-bond acceptors (Lipinski definition) is 4. The minimum Gasteiger partial charge on any atom is -0.326 e. The molecule has 0 spiro atoms. The third-order valence-electron chi connectivity index (χ3n) is 3.12. The van der Waals surface area contributed by atoms with Crippen LogP contribution in [-0.2, 0) is 6.54 Å². The van der Waals surface area contributed by atoms with Gasteiger partial charge in [0.05, 0.1) is 6.04 Å². The number of nitrogens with zero attached hydrogens (tertiary/aromatic N) is 1. The Bertz CT molecular complexity index is 493. The summed E-state index contributed by atoms with van der Waals surface area (Å²) in [6.07, 6.45) is 0. The van der Waals surface area contributed by atoms with Gasteiger partial charge >= 0.3 is 0 Å². The van der Waals surface area contributed by atoms with Crippen molar-refractivity contribution in [1.29, 1.82) is 0 Å². The molecule has 0 radical (unpaired) electrons. The molecule has 2 aromatic heterocycles. The Balaban J connectivity index is 2.21. The maximum atomic E-state index is 6.24. The Morgan fingerprint density at radius 1 is 1.42 bits per heavy atom. The van der Waals surface area contributed by atoms with Crippen molar-refractivity contribution in [3.8, 4) is 0 Å². The van der Waals surface area contributed by atoms with Crippen molar-refractivity contribution in [3.63, 3.8) is 0 Å². The van der Waals surface area contributed by atoms with E-state index in [0.29, 0.717) is 0 Å². The van der Waals surface area contributed by atoms with Crippen molar-refractivity contribution in [2.24, 2.45) is 5.73 Å². The van der Waals surface area contributed by atoms with Gasteiger partial charge in [-0.1, -0.05) is 13.0 Å². The van der Waals surface area contributed by atoms with Gasteiger partial charge in [0.2, 0.25) is 0 Å². The van der Waals surface area contributed by atoms with Crippen LogP contribution in [0.25, 0.3) is 0 Å². The van der Waals surface area contributed by atoms with E-state index in [-0.39, 0.29) is 12.1 Å². The molecule has 0 saturated heterocycles. The van der Waals surface area contributed by atoms with Crippen LogP contribution in [0.2, 0.25) is 0 Å². The Hall–Kier alpha value is -0.200. The topological polar surface area (TPSA) is 29.3 Å². The molecule has 0 aliphatic rings. The van der Waals surface area contributed by atoms with Gasteiger partial charge in [-0.15, -0.1) is 22.7 Å². The van der Waals surface area contributed by atoms with Gasteiger partial charge in [0.15, 0.2) is 0 Å². The van der Waals surface area contributed by atoms with Crippen molar-refractivity contribution in [2.45, 2.75) is 32.5 Å². The normalized spacial score (nSPS) is 14.8. The summed E-state index contributed by atoms with van der Waals surface area (Å²) in [4.78, 5) is 5.18. The van der Waals surface area contributed by atoms with Crippen molar-refractivity contribution in [3.05, 3.63) is 43.2 Å². The van der Waals surface area contributed by atoms with E-state index in [4.69, 9.17) is 5.73 Å². The summed E-state index contributed by atoms with van der Waals surface area (Å²) >= 11 is 7.12. The van der Waals surface area contributed by atoms with Crippen LogP contribution in [0.15, 0.2) is 33.4 Å². The molecule has 2 atom stereocenters. The highest BCUT2D eigenvalue weighted by atomic mass is 79.9. The Kier molecular flexibility index (Phi) is 5.59. The lowest BCUT2D eigenvalue weighted by Crippen LogP contribution is -2.38. The van der Waals surface area contributed by atoms with Crippen LogP contribution in [-0.4, -0.2) is 17.5 Å². The van der Waals surface area contributed by atoms with E-state index in [1.54, 1.807) is 11.3 Å². The molecule has 2 N–H and O–H groups in total. The molecule has 0 aliphatic carbocycles. The molecule has 19 heavy (non-hydrogen) atoms. The van der Waals surface area contributed by atoms with E-state index in [1.165, 1.54) is 9.75 Å². The van der Waals surface area contributed by atoms with E-state index in [1.807, 2.05) is 11.3 Å². The van der Waals surface area contributed by atoms with Gasteiger partial charge in [-0.25, -0.2) is 0 Å². The minimum atomic E-state index is 0.116. The molecule has 104 valence electrons. The highest BCUT2D eigenvalue weighted by Crippen LogP contribution is 2.32. The molecule has 0 fully saturated rings. The summed E-state index contributed by atoms with van der Waals surface area (Å²) in [5.41, 5.74) is 6.24. The number of halogens is 1. The molecule has 5 heteroatoms. The van der Waals surface area contributed by atoms with E-state index in [2.05, 4.69) is 63.6 Å². The number of thiophene rings is 2. The first-order valence-electron chi connectivity index (χ1n) is 6.37. The second-order valence-electron chi connectivity index (χ2n) is 4.61. The first-order chi connectivity index (χ1) is 9.11. The van der Waals surface area contributed by atoms with Crippen LogP contribution >= 0.6 is 38.6 Å². The molecule has 0 aliphatic heterocycles. The second-order valence-corrected chi connectivity index (χ2v) is 7.50. The SMILES string of the molecule is CCN(Cc1cccs1)C(c1cc(Br)cs1)C(C)N. The monoisotopic (exact) mass is 358 g/mol. The van der Waals surface area contributed by atoms with E-state index < -0.39 is 0 Å². The van der Waals surface area contributed by atoms with Crippen LogP contribution < -0.4 is 5.73 Å². The number of rotatable bonds is 6. The van der Waals surface area contributed by atoms with Crippen LogP contribution in [0, 0.1) is 0 Å². The maximum absolute atomic E-state index is 6.24. The largest absolute Gasteiger partial charge is 0.326 e. The summed E-state index contributed by atoms with van der Waals surface area (Å²) < 4.78 is 1.14. The number of hydrogen-bond donors (Lipinski definition) is 1. The van der Waals surface area contributed by atoms with Gasteiger partial charge in [0.1, 0.15) is 0 Å². The molecule has 2 heterocycles. The first-order valence-corrected chi connectivity index (χ1v) is 8.93. The lowest BCUT2D eigenvalue weighted by molar-refractivity contribution is 0.181. The van der Waals surface area contributed by atoms with Crippen LogP contribution in [0.4, 0.5) is 0 Å². The van der Waals surface area contributed by atoms with Gasteiger partial charge in [0, 0.05) is 32.2 Å². The summed E-state index contributed by atoms with van der Waals surface area (Å²) in [5, 5.41) is 4.26. The lowest BCUT2D eigenvalue weighted by Gasteiger charge is -2.32. The standard InChI is InChI=1S/C14H19BrN2S2/c1-3-17(8-12-5-4-6-18-12)14(10(2)16)13-7-11(15)9-19-13/h4-7,9-10,14H,3,8,16H2,1-2H3. The average Bonchev–Trinajstić information content (AvgIpc) is 3.00. The van der Waals surface area contributed by atoms with E-state index in [9.17, 15) is 0 Å². The minimum absolute atomic E-state index is 0.116. The zero-order valence-electron chi connectivity index (χ0n) is 11.2. The van der Waals surface area contributed by atoms with Crippen LogP contribution in [0.1, 0.15) is 29.6 Å². The fourth-order valence-electron chi connectivity index (χ4n) is 2.26. The Morgan fingerprint density at radius 3 is 2.68 bits per heavy atom. The predicted octanol–water partition coefficient (Wildman–Crippen LogP) is 4.48. The summed E-state index contributed by atoms with van der Waals surface area (Å²) in [6.45, 7) is 6.26. The molecule has 2 nitrogen and oxygen atoms in total. The fraction of sp³-hybridized carbons (Fsp3) is 0.429. The van der Waals surface area contributed by atoms with Gasteiger partial charge in [-0.3, -0.25) is 4.90 Å². The highest BCUT2D eigenvalue weighted by molar-refractivity contribution is 9.10. The van der Waals surface area contributed by atoms with E-state index in [0.717, 1.165) is 17.6 Å². The summed E-state index contributed by atoms with van der Waals surface area (Å²) in [7, 11) is 0. The Morgan fingerprint density at radius 2 is 2.21 bits per heavy atom. The van der Waals surface area contributed by atoms with Crippen molar-refractivity contribution < 1.29 is 0 Å². The van der Waals surface area contributed by atoms with Gasteiger partial charge < -0.3 is 5.73 Å². The average molecular weight is 359 g/mol. The lowest BCUT2D eigenvalue weighted by atomic mass is 10.1. The molecule has 2 rings (SSSR count).